The van der Waals surface area contributed by atoms with Crippen LogP contribution in [0.2, 0.25) is 0 Å². The number of non-ortho nitro benzene ring substituents is 1. The van der Waals surface area contributed by atoms with Gasteiger partial charge in [-0.2, -0.15) is 0 Å². The van der Waals surface area contributed by atoms with Gasteiger partial charge in [0.05, 0.1) is 4.92 Å². The van der Waals surface area contributed by atoms with Gasteiger partial charge in [0.1, 0.15) is 0 Å². The number of nitrogens with one attached hydrogen (secondary N) is 2. The molecule has 25 heavy (non-hydrogen) atoms. The fourth-order valence-electron chi connectivity index (χ4n) is 2.64. The first-order valence-corrected chi connectivity index (χ1v) is 8.67. The van der Waals surface area contributed by atoms with Gasteiger partial charge in [0.15, 0.2) is 0 Å². The zero-order valence-corrected chi connectivity index (χ0v) is 14.9. The van der Waals surface area contributed by atoms with E-state index in [0.29, 0.717) is 0 Å². The van der Waals surface area contributed by atoms with Crippen LogP contribution in [0.3, 0.4) is 0 Å². The van der Waals surface area contributed by atoms with Gasteiger partial charge in [-0.1, -0.05) is 12.1 Å². The van der Waals surface area contributed by atoms with Crippen LogP contribution in [0.4, 0.5) is 17.1 Å². The van der Waals surface area contributed by atoms with Crippen LogP contribution < -0.4 is 15.5 Å². The molecule has 0 saturated carbocycles. The van der Waals surface area contributed by atoms with Crippen LogP contribution in [-0.2, 0) is 6.54 Å². The predicted octanol–water partition coefficient (Wildman–Crippen LogP) is 3.64. The summed E-state index contributed by atoms with van der Waals surface area (Å²) in [6.45, 7) is 8.75. The Bertz CT molecular complexity index is 652. The number of rotatable bonds is 10. The average Bonchev–Trinajstić information content (AvgIpc) is 2.64. The van der Waals surface area contributed by atoms with E-state index in [1.54, 1.807) is 12.1 Å². The maximum Gasteiger partial charge on any atom is 0.269 e. The lowest BCUT2D eigenvalue weighted by atomic mass is 10.2. The van der Waals surface area contributed by atoms with E-state index < -0.39 is 4.92 Å². The smallest absolute Gasteiger partial charge is 0.269 e. The van der Waals surface area contributed by atoms with Crippen molar-refractivity contribution in [1.82, 2.24) is 5.32 Å². The summed E-state index contributed by atoms with van der Waals surface area (Å²) >= 11 is 0. The van der Waals surface area contributed by atoms with Crippen LogP contribution in [0.1, 0.15) is 19.4 Å². The number of benzene rings is 2. The van der Waals surface area contributed by atoms with Crippen molar-refractivity contribution in [3.8, 4) is 0 Å². The molecule has 0 bridgehead atoms. The van der Waals surface area contributed by atoms with E-state index in [1.165, 1.54) is 23.4 Å². The van der Waals surface area contributed by atoms with Gasteiger partial charge in [-0.25, -0.2) is 0 Å². The summed E-state index contributed by atoms with van der Waals surface area (Å²) < 4.78 is 0. The number of nitro groups is 1. The Hall–Kier alpha value is -2.60. The molecule has 2 N–H and O–H groups in total. The number of hydrogen-bond donors (Lipinski definition) is 2. The molecule has 0 aliphatic carbocycles. The highest BCUT2D eigenvalue weighted by molar-refractivity contribution is 5.48. The molecule has 6 heteroatoms. The first kappa shape index (κ1) is 18.7. The lowest BCUT2D eigenvalue weighted by Crippen LogP contribution is -2.22. The molecule has 0 fully saturated rings. The molecule has 134 valence electrons. The molecule has 0 heterocycles. The van der Waals surface area contributed by atoms with Gasteiger partial charge >= 0.3 is 0 Å². The van der Waals surface area contributed by atoms with E-state index in [4.69, 9.17) is 0 Å². The topological polar surface area (TPSA) is 70.4 Å². The van der Waals surface area contributed by atoms with E-state index in [0.717, 1.165) is 38.4 Å². The van der Waals surface area contributed by atoms with Crippen molar-refractivity contribution in [2.45, 2.75) is 20.4 Å². The minimum absolute atomic E-state index is 0.108. The first-order chi connectivity index (χ1) is 12.1. The van der Waals surface area contributed by atoms with Crippen LogP contribution in [0.25, 0.3) is 0 Å². The fraction of sp³-hybridized carbons (Fsp3) is 0.368. The predicted molar refractivity (Wildman–Crippen MR) is 103 cm³/mol. The van der Waals surface area contributed by atoms with E-state index >= 15 is 0 Å². The van der Waals surface area contributed by atoms with E-state index in [1.807, 2.05) is 0 Å². The lowest BCUT2D eigenvalue weighted by Gasteiger charge is -2.21. The Balaban J connectivity index is 1.69. The lowest BCUT2D eigenvalue weighted by molar-refractivity contribution is -0.384. The van der Waals surface area contributed by atoms with Crippen LogP contribution >= 0.6 is 0 Å². The molecule has 0 aliphatic rings. The second kappa shape index (κ2) is 9.64. The van der Waals surface area contributed by atoms with Gasteiger partial charge in [-0.05, 0) is 43.7 Å². The molecule has 6 nitrogen and oxygen atoms in total. The zero-order valence-electron chi connectivity index (χ0n) is 14.9. The molecular weight excluding hydrogens is 316 g/mol. The summed E-state index contributed by atoms with van der Waals surface area (Å²) in [6.07, 6.45) is 0. The summed E-state index contributed by atoms with van der Waals surface area (Å²) in [7, 11) is 0. The molecule has 0 saturated heterocycles. The maximum absolute atomic E-state index is 10.6. The van der Waals surface area contributed by atoms with Crippen molar-refractivity contribution >= 4 is 17.1 Å². The number of anilines is 2. The molecule has 0 amide bonds. The zero-order chi connectivity index (χ0) is 18.1. The maximum atomic E-state index is 10.6. The highest BCUT2D eigenvalue weighted by atomic mass is 16.6. The third-order valence-electron chi connectivity index (χ3n) is 4.10. The highest BCUT2D eigenvalue weighted by Crippen LogP contribution is 2.15. The largest absolute Gasteiger partial charge is 0.384 e. The molecule has 2 aromatic rings. The normalized spacial score (nSPS) is 10.5. The van der Waals surface area contributed by atoms with Gasteiger partial charge < -0.3 is 15.5 Å². The second-order valence-corrected chi connectivity index (χ2v) is 5.75. The molecule has 0 spiro atoms. The molecule has 2 rings (SSSR count). The second-order valence-electron chi connectivity index (χ2n) is 5.75. The van der Waals surface area contributed by atoms with Gasteiger partial charge in [-0.15, -0.1) is 0 Å². The Morgan fingerprint density at radius 1 is 0.960 bits per heavy atom. The Kier molecular flexibility index (Phi) is 7.22. The quantitative estimate of drug-likeness (QED) is 0.392. The minimum Gasteiger partial charge on any atom is -0.384 e. The van der Waals surface area contributed by atoms with Crippen LogP contribution in [-0.4, -0.2) is 31.1 Å². The SMILES string of the molecule is CCN(CC)c1ccc(CNCCNc2ccc([N+](=O)[O-])cc2)cc1. The van der Waals surface area contributed by atoms with Crippen LogP contribution in [0.5, 0.6) is 0 Å². The molecule has 0 radical (unpaired) electrons. The van der Waals surface area contributed by atoms with Gasteiger partial charge in [0, 0.05) is 56.2 Å². The molecular formula is C19H26N4O2. The Labute approximate surface area is 149 Å². The molecule has 0 unspecified atom stereocenters. The van der Waals surface area contributed by atoms with Gasteiger partial charge in [0.2, 0.25) is 0 Å². The third kappa shape index (κ3) is 5.76. The van der Waals surface area contributed by atoms with Crippen molar-refractivity contribution < 1.29 is 4.92 Å². The third-order valence-corrected chi connectivity index (χ3v) is 4.10. The van der Waals surface area contributed by atoms with Crippen molar-refractivity contribution in [2.24, 2.45) is 0 Å². The van der Waals surface area contributed by atoms with Crippen molar-refractivity contribution in [2.75, 3.05) is 36.4 Å². The number of nitrogens with zero attached hydrogens (tertiary/aromatic N) is 2. The Morgan fingerprint density at radius 3 is 2.16 bits per heavy atom. The van der Waals surface area contributed by atoms with E-state index in [-0.39, 0.29) is 5.69 Å². The molecule has 0 aromatic heterocycles. The standard InChI is InChI=1S/C19H26N4O2/c1-3-22(4-2)18-9-5-16(6-10-18)15-20-13-14-21-17-7-11-19(12-8-17)23(24)25/h5-12,20-21H,3-4,13-15H2,1-2H3. The van der Waals surface area contributed by atoms with E-state index in [2.05, 4.69) is 53.6 Å². The summed E-state index contributed by atoms with van der Waals surface area (Å²) in [5.41, 5.74) is 3.51. The van der Waals surface area contributed by atoms with Crippen molar-refractivity contribution in [1.29, 1.82) is 0 Å². The monoisotopic (exact) mass is 342 g/mol. The summed E-state index contributed by atoms with van der Waals surface area (Å²) in [5, 5.41) is 17.2. The number of hydrogen-bond acceptors (Lipinski definition) is 5. The number of nitro benzene ring substituents is 1. The summed E-state index contributed by atoms with van der Waals surface area (Å²) in [6, 6.07) is 15.1. The first-order valence-electron chi connectivity index (χ1n) is 8.67. The summed E-state index contributed by atoms with van der Waals surface area (Å²) in [4.78, 5) is 12.5. The minimum atomic E-state index is -0.392. The van der Waals surface area contributed by atoms with E-state index in [9.17, 15) is 10.1 Å². The van der Waals surface area contributed by atoms with Crippen LogP contribution in [0.15, 0.2) is 48.5 Å². The van der Waals surface area contributed by atoms with Crippen molar-refractivity contribution in [3.05, 3.63) is 64.2 Å². The van der Waals surface area contributed by atoms with Gasteiger partial charge in [-0.3, -0.25) is 10.1 Å². The molecule has 2 aromatic carbocycles. The fourth-order valence-corrected chi connectivity index (χ4v) is 2.64. The highest BCUT2D eigenvalue weighted by Gasteiger charge is 2.03. The molecule has 0 atom stereocenters. The van der Waals surface area contributed by atoms with Crippen LogP contribution in [0, 0.1) is 10.1 Å². The van der Waals surface area contributed by atoms with Crippen molar-refractivity contribution in [3.63, 3.8) is 0 Å². The Morgan fingerprint density at radius 2 is 1.60 bits per heavy atom. The summed E-state index contributed by atoms with van der Waals surface area (Å²) in [5.74, 6) is 0. The average molecular weight is 342 g/mol. The van der Waals surface area contributed by atoms with Gasteiger partial charge in [0.25, 0.3) is 5.69 Å². The molecule has 0 aliphatic heterocycles.